The van der Waals surface area contributed by atoms with Gasteiger partial charge in [0.25, 0.3) is 0 Å². The molecular weight excluding hydrogens is 276 g/mol. The minimum Gasteiger partial charge on any atom is -0.349 e. The van der Waals surface area contributed by atoms with E-state index in [1.54, 1.807) is 0 Å². The van der Waals surface area contributed by atoms with Crippen LogP contribution in [0.1, 0.15) is 43.5 Å². The normalized spacial score (nSPS) is 17.4. The molecule has 1 fully saturated rings. The Morgan fingerprint density at radius 3 is 2.75 bits per heavy atom. The Morgan fingerprint density at radius 2 is 2.20 bits per heavy atom. The second kappa shape index (κ2) is 7.64. The monoisotopic (exact) mass is 300 g/mol. The maximum absolute atomic E-state index is 12.1. The number of hydrogen-bond acceptors (Lipinski definition) is 3. The molecule has 1 aromatic heterocycles. The van der Waals surface area contributed by atoms with Crippen LogP contribution in [-0.4, -0.2) is 28.8 Å². The van der Waals surface area contributed by atoms with Crippen molar-refractivity contribution in [3.63, 3.8) is 0 Å². The molecule has 0 radical (unpaired) electrons. The quantitative estimate of drug-likeness (QED) is 0.890. The first-order valence-electron chi connectivity index (χ1n) is 7.06. The van der Waals surface area contributed by atoms with E-state index in [-0.39, 0.29) is 24.4 Å². The average molecular weight is 301 g/mol. The molecule has 114 valence electrons. The van der Waals surface area contributed by atoms with Gasteiger partial charge in [0.15, 0.2) is 0 Å². The smallest absolute Gasteiger partial charge is 0.220 e. The fraction of sp³-hybridized carbons (Fsp3) is 0.714. The van der Waals surface area contributed by atoms with Crippen LogP contribution in [0.3, 0.4) is 0 Å². The molecule has 2 heterocycles. The summed E-state index contributed by atoms with van der Waals surface area (Å²) in [5.74, 6) is 0.686. The van der Waals surface area contributed by atoms with Crippen LogP contribution < -0.4 is 10.6 Å². The summed E-state index contributed by atoms with van der Waals surface area (Å²) in [5, 5.41) is 10.6. The van der Waals surface area contributed by atoms with E-state index in [1.807, 2.05) is 31.8 Å². The van der Waals surface area contributed by atoms with Crippen LogP contribution in [0, 0.1) is 12.8 Å². The Bertz CT molecular complexity index is 440. The molecular formula is C14H25ClN4O. The molecule has 0 aliphatic carbocycles. The fourth-order valence-electron chi connectivity index (χ4n) is 2.67. The zero-order valence-corrected chi connectivity index (χ0v) is 13.3. The molecule has 2 rings (SSSR count). The summed E-state index contributed by atoms with van der Waals surface area (Å²) in [6.07, 6.45) is 4.69. The number of piperidine rings is 1. The molecule has 20 heavy (non-hydrogen) atoms. The minimum absolute atomic E-state index is 0. The lowest BCUT2D eigenvalue weighted by atomic mass is 9.94. The van der Waals surface area contributed by atoms with Gasteiger partial charge in [-0.05, 0) is 45.7 Å². The van der Waals surface area contributed by atoms with Crippen molar-refractivity contribution in [1.29, 1.82) is 0 Å². The molecule has 1 unspecified atom stereocenters. The third-order valence-electron chi connectivity index (χ3n) is 4.05. The molecule has 2 N–H and O–H groups in total. The van der Waals surface area contributed by atoms with E-state index in [1.165, 1.54) is 0 Å². The molecule has 6 heteroatoms. The van der Waals surface area contributed by atoms with Crippen LogP contribution in [0.25, 0.3) is 0 Å². The van der Waals surface area contributed by atoms with Crippen LogP contribution in [0.5, 0.6) is 0 Å². The SMILES string of the molecule is Cc1c(C(C)NC(=O)CC2CCNCC2)cnn1C.Cl. The zero-order chi connectivity index (χ0) is 13.8. The summed E-state index contributed by atoms with van der Waals surface area (Å²) in [6, 6.07) is 0.0305. The standard InChI is InChI=1S/C14H24N4O.ClH/c1-10(13-9-16-18(3)11(13)2)17-14(19)8-12-4-6-15-7-5-12;/h9-10,12,15H,4-8H2,1-3H3,(H,17,19);1H. The third-order valence-corrected chi connectivity index (χ3v) is 4.05. The van der Waals surface area contributed by atoms with Gasteiger partial charge in [-0.25, -0.2) is 0 Å². The minimum atomic E-state index is 0. The summed E-state index contributed by atoms with van der Waals surface area (Å²) < 4.78 is 1.84. The molecule has 0 aromatic carbocycles. The van der Waals surface area contributed by atoms with Crippen molar-refractivity contribution in [1.82, 2.24) is 20.4 Å². The Hall–Kier alpha value is -1.07. The van der Waals surface area contributed by atoms with E-state index >= 15 is 0 Å². The number of aromatic nitrogens is 2. The van der Waals surface area contributed by atoms with Gasteiger partial charge in [-0.1, -0.05) is 0 Å². The van der Waals surface area contributed by atoms with Crippen molar-refractivity contribution in [2.45, 2.75) is 39.2 Å². The van der Waals surface area contributed by atoms with E-state index in [0.717, 1.165) is 37.2 Å². The van der Waals surface area contributed by atoms with Gasteiger partial charge >= 0.3 is 0 Å². The number of aryl methyl sites for hydroxylation is 1. The Labute approximate surface area is 126 Å². The van der Waals surface area contributed by atoms with Gasteiger partial charge in [0.2, 0.25) is 5.91 Å². The maximum Gasteiger partial charge on any atom is 0.220 e. The fourth-order valence-corrected chi connectivity index (χ4v) is 2.67. The molecule has 1 aromatic rings. The predicted molar refractivity (Wildman–Crippen MR) is 82.0 cm³/mol. The number of amides is 1. The van der Waals surface area contributed by atoms with Crippen LogP contribution in [0.2, 0.25) is 0 Å². The van der Waals surface area contributed by atoms with Crippen molar-refractivity contribution in [3.05, 3.63) is 17.5 Å². The Balaban J connectivity index is 0.00000200. The van der Waals surface area contributed by atoms with Gasteiger partial charge < -0.3 is 10.6 Å². The highest BCUT2D eigenvalue weighted by molar-refractivity contribution is 5.85. The molecule has 1 atom stereocenters. The largest absolute Gasteiger partial charge is 0.349 e. The van der Waals surface area contributed by atoms with Crippen molar-refractivity contribution in [3.8, 4) is 0 Å². The lowest BCUT2D eigenvalue weighted by Gasteiger charge is -2.23. The summed E-state index contributed by atoms with van der Waals surface area (Å²) in [6.45, 7) is 6.12. The van der Waals surface area contributed by atoms with Gasteiger partial charge in [0.1, 0.15) is 0 Å². The molecule has 0 spiro atoms. The second-order valence-electron chi connectivity index (χ2n) is 5.50. The van der Waals surface area contributed by atoms with Crippen molar-refractivity contribution < 1.29 is 4.79 Å². The molecule has 0 bridgehead atoms. The van der Waals surface area contributed by atoms with E-state index in [9.17, 15) is 4.79 Å². The molecule has 1 aliphatic heterocycles. The van der Waals surface area contributed by atoms with E-state index in [4.69, 9.17) is 0 Å². The van der Waals surface area contributed by atoms with Crippen molar-refractivity contribution in [2.75, 3.05) is 13.1 Å². The highest BCUT2D eigenvalue weighted by Crippen LogP contribution is 2.19. The van der Waals surface area contributed by atoms with Gasteiger partial charge in [-0.15, -0.1) is 12.4 Å². The summed E-state index contributed by atoms with van der Waals surface area (Å²) in [4.78, 5) is 12.1. The van der Waals surface area contributed by atoms with Gasteiger partial charge in [0.05, 0.1) is 12.2 Å². The first kappa shape index (κ1) is 17.0. The number of nitrogens with zero attached hydrogens (tertiary/aromatic N) is 2. The zero-order valence-electron chi connectivity index (χ0n) is 12.5. The maximum atomic E-state index is 12.1. The third kappa shape index (κ3) is 4.21. The number of carbonyl (C=O) groups excluding carboxylic acids is 1. The molecule has 0 saturated carbocycles. The highest BCUT2D eigenvalue weighted by Gasteiger charge is 2.19. The molecule has 5 nitrogen and oxygen atoms in total. The van der Waals surface area contributed by atoms with Gasteiger partial charge in [-0.3, -0.25) is 9.48 Å². The Morgan fingerprint density at radius 1 is 1.55 bits per heavy atom. The summed E-state index contributed by atoms with van der Waals surface area (Å²) in [5.41, 5.74) is 2.20. The second-order valence-corrected chi connectivity index (χ2v) is 5.50. The molecule has 1 aliphatic rings. The first-order chi connectivity index (χ1) is 9.08. The lowest BCUT2D eigenvalue weighted by Crippen LogP contribution is -2.33. The van der Waals surface area contributed by atoms with Crippen LogP contribution in [0.4, 0.5) is 0 Å². The van der Waals surface area contributed by atoms with Gasteiger partial charge in [0, 0.05) is 24.7 Å². The van der Waals surface area contributed by atoms with E-state index in [0.29, 0.717) is 12.3 Å². The number of nitrogens with one attached hydrogen (secondary N) is 2. The lowest BCUT2D eigenvalue weighted by molar-refractivity contribution is -0.122. The molecule has 1 amide bonds. The Kier molecular flexibility index (Phi) is 6.49. The summed E-state index contributed by atoms with van der Waals surface area (Å²) >= 11 is 0. The van der Waals surface area contributed by atoms with E-state index in [2.05, 4.69) is 15.7 Å². The number of hydrogen-bond donors (Lipinski definition) is 2. The van der Waals surface area contributed by atoms with E-state index < -0.39 is 0 Å². The van der Waals surface area contributed by atoms with Crippen LogP contribution in [-0.2, 0) is 11.8 Å². The van der Waals surface area contributed by atoms with Gasteiger partial charge in [-0.2, -0.15) is 5.10 Å². The predicted octanol–water partition coefficient (Wildman–Crippen LogP) is 1.72. The molecule has 1 saturated heterocycles. The average Bonchev–Trinajstić information content (AvgIpc) is 2.71. The topological polar surface area (TPSA) is 59.0 Å². The number of rotatable bonds is 4. The van der Waals surface area contributed by atoms with Crippen LogP contribution >= 0.6 is 12.4 Å². The number of halogens is 1. The van der Waals surface area contributed by atoms with Crippen LogP contribution in [0.15, 0.2) is 6.20 Å². The van der Waals surface area contributed by atoms with Crippen molar-refractivity contribution >= 4 is 18.3 Å². The number of carbonyl (C=O) groups is 1. The first-order valence-corrected chi connectivity index (χ1v) is 7.06. The highest BCUT2D eigenvalue weighted by atomic mass is 35.5. The summed E-state index contributed by atoms with van der Waals surface area (Å²) in [7, 11) is 1.92. The van der Waals surface area contributed by atoms with Crippen molar-refractivity contribution in [2.24, 2.45) is 13.0 Å².